The molecular weight excluding hydrogens is 164 g/mol. The summed E-state index contributed by atoms with van der Waals surface area (Å²) >= 11 is 0. The van der Waals surface area contributed by atoms with Gasteiger partial charge in [0.25, 0.3) is 6.43 Å². The molecule has 0 aliphatic carbocycles. The Morgan fingerprint density at radius 1 is 1.42 bits per heavy atom. The highest BCUT2D eigenvalue weighted by molar-refractivity contribution is 4.88. The zero-order valence-electron chi connectivity index (χ0n) is 7.86. The molecule has 0 aliphatic rings. The fourth-order valence-corrected chi connectivity index (χ4v) is 1.18. The molecule has 0 bridgehead atoms. The van der Waals surface area contributed by atoms with Crippen molar-refractivity contribution in [2.24, 2.45) is 0 Å². The third-order valence-electron chi connectivity index (χ3n) is 1.98. The van der Waals surface area contributed by atoms with Gasteiger partial charge in [0.2, 0.25) is 0 Å². The van der Waals surface area contributed by atoms with Crippen LogP contribution in [0.25, 0.3) is 0 Å². The Morgan fingerprint density at radius 3 is 2.25 bits per heavy atom. The minimum Gasteiger partial charge on any atom is -0.383 e. The van der Waals surface area contributed by atoms with Crippen LogP contribution >= 0.6 is 0 Å². The monoisotopic (exact) mass is 181 g/mol. The smallest absolute Gasteiger partial charge is 0.258 e. The summed E-state index contributed by atoms with van der Waals surface area (Å²) in [7, 11) is 1.43. The van der Waals surface area contributed by atoms with Crippen molar-refractivity contribution in [2.75, 3.05) is 20.3 Å². The van der Waals surface area contributed by atoms with Crippen molar-refractivity contribution >= 4 is 0 Å². The molecule has 0 saturated heterocycles. The van der Waals surface area contributed by atoms with Crippen LogP contribution in [0.5, 0.6) is 0 Å². The van der Waals surface area contributed by atoms with Crippen LogP contribution in [0.2, 0.25) is 0 Å². The molecule has 0 rings (SSSR count). The van der Waals surface area contributed by atoms with Crippen molar-refractivity contribution in [1.29, 1.82) is 0 Å². The molecule has 0 aromatic rings. The lowest BCUT2D eigenvalue weighted by Crippen LogP contribution is -2.54. The molecule has 1 atom stereocenters. The van der Waals surface area contributed by atoms with Gasteiger partial charge in [-0.05, 0) is 13.0 Å². The summed E-state index contributed by atoms with van der Waals surface area (Å²) in [5, 5.41) is 2.77. The number of alkyl halides is 2. The Kier molecular flexibility index (Phi) is 5.33. The van der Waals surface area contributed by atoms with Gasteiger partial charge in [0.1, 0.15) is 5.54 Å². The van der Waals surface area contributed by atoms with E-state index in [4.69, 9.17) is 4.74 Å². The molecule has 1 unspecified atom stereocenters. The van der Waals surface area contributed by atoms with E-state index in [1.807, 2.05) is 6.92 Å². The predicted molar refractivity (Wildman–Crippen MR) is 44.6 cm³/mol. The first-order valence-electron chi connectivity index (χ1n) is 4.15. The minimum atomic E-state index is -2.39. The molecular formula is C8H17F2NO. The quantitative estimate of drug-likeness (QED) is 0.672. The molecule has 12 heavy (non-hydrogen) atoms. The van der Waals surface area contributed by atoms with E-state index in [0.717, 1.165) is 0 Å². The number of rotatable bonds is 6. The third kappa shape index (κ3) is 2.68. The van der Waals surface area contributed by atoms with Crippen LogP contribution in [-0.4, -0.2) is 32.2 Å². The van der Waals surface area contributed by atoms with Crippen LogP contribution in [0.4, 0.5) is 8.78 Å². The van der Waals surface area contributed by atoms with Gasteiger partial charge in [0.15, 0.2) is 0 Å². The Hall–Kier alpha value is -0.220. The first kappa shape index (κ1) is 11.8. The maximum absolute atomic E-state index is 12.6. The lowest BCUT2D eigenvalue weighted by molar-refractivity contribution is -0.0198. The van der Waals surface area contributed by atoms with Gasteiger partial charge in [0.05, 0.1) is 6.61 Å². The van der Waals surface area contributed by atoms with Crippen molar-refractivity contribution in [1.82, 2.24) is 5.32 Å². The molecule has 0 aromatic heterocycles. The van der Waals surface area contributed by atoms with Gasteiger partial charge in [-0.2, -0.15) is 0 Å². The standard InChI is InChI=1S/C8H17F2NO/c1-4-8(6-12-3,7(9)10)11-5-2/h7,11H,4-6H2,1-3H3. The third-order valence-corrected chi connectivity index (χ3v) is 1.98. The van der Waals surface area contributed by atoms with Crippen LogP contribution in [0.3, 0.4) is 0 Å². The minimum absolute atomic E-state index is 0.0506. The Bertz CT molecular complexity index is 114. The second-order valence-electron chi connectivity index (χ2n) is 2.77. The van der Waals surface area contributed by atoms with Crippen molar-refractivity contribution in [3.05, 3.63) is 0 Å². The molecule has 74 valence electrons. The van der Waals surface area contributed by atoms with E-state index in [1.165, 1.54) is 7.11 Å². The summed E-state index contributed by atoms with van der Waals surface area (Å²) in [6.07, 6.45) is -2.02. The van der Waals surface area contributed by atoms with Gasteiger partial charge in [-0.1, -0.05) is 13.8 Å². The highest BCUT2D eigenvalue weighted by atomic mass is 19.3. The summed E-state index contributed by atoms with van der Waals surface area (Å²) in [6, 6.07) is 0. The highest BCUT2D eigenvalue weighted by Gasteiger charge is 2.37. The summed E-state index contributed by atoms with van der Waals surface area (Å²) in [5.41, 5.74) is -1.16. The van der Waals surface area contributed by atoms with Crippen molar-refractivity contribution in [3.63, 3.8) is 0 Å². The summed E-state index contributed by atoms with van der Waals surface area (Å²) < 4.78 is 29.9. The fraction of sp³-hybridized carbons (Fsp3) is 1.00. The zero-order valence-corrected chi connectivity index (χ0v) is 7.86. The SMILES string of the molecule is CCNC(CC)(COC)C(F)F. The van der Waals surface area contributed by atoms with Gasteiger partial charge < -0.3 is 10.1 Å². The lowest BCUT2D eigenvalue weighted by Gasteiger charge is -2.31. The average molecular weight is 181 g/mol. The molecule has 0 aliphatic heterocycles. The molecule has 0 aromatic carbocycles. The van der Waals surface area contributed by atoms with E-state index in [-0.39, 0.29) is 6.61 Å². The van der Waals surface area contributed by atoms with Gasteiger partial charge in [0, 0.05) is 7.11 Å². The Morgan fingerprint density at radius 2 is 2.00 bits per heavy atom. The van der Waals surface area contributed by atoms with E-state index in [2.05, 4.69) is 5.32 Å². The number of likely N-dealkylation sites (N-methyl/N-ethyl adjacent to an activating group) is 1. The molecule has 0 heterocycles. The molecule has 0 fully saturated rings. The number of hydrogen-bond acceptors (Lipinski definition) is 2. The second-order valence-corrected chi connectivity index (χ2v) is 2.77. The van der Waals surface area contributed by atoms with Crippen LogP contribution in [-0.2, 0) is 4.74 Å². The fourth-order valence-electron chi connectivity index (χ4n) is 1.18. The lowest BCUT2D eigenvalue weighted by atomic mass is 9.98. The molecule has 0 saturated carbocycles. The van der Waals surface area contributed by atoms with Gasteiger partial charge in [-0.25, -0.2) is 8.78 Å². The first-order valence-corrected chi connectivity index (χ1v) is 4.15. The predicted octanol–water partition coefficient (Wildman–Crippen LogP) is 1.66. The highest BCUT2D eigenvalue weighted by Crippen LogP contribution is 2.20. The molecule has 0 spiro atoms. The zero-order chi connectivity index (χ0) is 9.61. The van der Waals surface area contributed by atoms with E-state index in [0.29, 0.717) is 13.0 Å². The molecule has 1 N–H and O–H groups in total. The van der Waals surface area contributed by atoms with Crippen LogP contribution in [0, 0.1) is 0 Å². The second kappa shape index (κ2) is 5.43. The van der Waals surface area contributed by atoms with E-state index < -0.39 is 12.0 Å². The summed E-state index contributed by atoms with van der Waals surface area (Å²) in [5.74, 6) is 0. The van der Waals surface area contributed by atoms with E-state index in [1.54, 1.807) is 6.92 Å². The Balaban J connectivity index is 4.28. The van der Waals surface area contributed by atoms with Crippen molar-refractivity contribution < 1.29 is 13.5 Å². The molecule has 0 amide bonds. The number of hydrogen-bond donors (Lipinski definition) is 1. The molecule has 2 nitrogen and oxygen atoms in total. The van der Waals surface area contributed by atoms with Crippen LogP contribution in [0.15, 0.2) is 0 Å². The topological polar surface area (TPSA) is 21.3 Å². The number of halogens is 2. The largest absolute Gasteiger partial charge is 0.383 e. The molecule has 4 heteroatoms. The maximum Gasteiger partial charge on any atom is 0.258 e. The normalized spacial score (nSPS) is 16.5. The average Bonchev–Trinajstić information content (AvgIpc) is 2.03. The first-order chi connectivity index (χ1) is 5.63. The number of nitrogens with one attached hydrogen (secondary N) is 1. The van der Waals surface area contributed by atoms with Crippen molar-refractivity contribution in [2.45, 2.75) is 32.2 Å². The number of methoxy groups -OCH3 is 1. The van der Waals surface area contributed by atoms with Crippen LogP contribution < -0.4 is 5.32 Å². The Labute approximate surface area is 72.3 Å². The van der Waals surface area contributed by atoms with Gasteiger partial charge in [-0.15, -0.1) is 0 Å². The number of ether oxygens (including phenoxy) is 1. The molecule has 0 radical (unpaired) electrons. The van der Waals surface area contributed by atoms with E-state index in [9.17, 15) is 8.78 Å². The van der Waals surface area contributed by atoms with Crippen LogP contribution in [0.1, 0.15) is 20.3 Å². The van der Waals surface area contributed by atoms with E-state index >= 15 is 0 Å². The van der Waals surface area contributed by atoms with Gasteiger partial charge in [-0.3, -0.25) is 0 Å². The summed E-state index contributed by atoms with van der Waals surface area (Å²) in [4.78, 5) is 0. The maximum atomic E-state index is 12.6. The summed E-state index contributed by atoms with van der Waals surface area (Å²) in [6.45, 7) is 4.12. The van der Waals surface area contributed by atoms with Gasteiger partial charge >= 0.3 is 0 Å². The van der Waals surface area contributed by atoms with Crippen molar-refractivity contribution in [3.8, 4) is 0 Å².